The Labute approximate surface area is 156 Å². The van der Waals surface area contributed by atoms with E-state index in [1.807, 2.05) is 56.7 Å². The van der Waals surface area contributed by atoms with Crippen molar-refractivity contribution in [1.29, 1.82) is 0 Å². The number of likely N-dealkylation sites (tertiary alicyclic amines) is 1. The third-order valence-corrected chi connectivity index (χ3v) is 4.69. The van der Waals surface area contributed by atoms with E-state index in [1.165, 1.54) is 5.56 Å². The Morgan fingerprint density at radius 1 is 1.27 bits per heavy atom. The third kappa shape index (κ3) is 5.27. The Balaban J connectivity index is 1.51. The molecule has 3 rings (SSSR count). The number of hydrogen-bond donors (Lipinski definition) is 1. The van der Waals surface area contributed by atoms with Gasteiger partial charge in [0.25, 0.3) is 0 Å². The summed E-state index contributed by atoms with van der Waals surface area (Å²) in [6.07, 6.45) is 2.49. The molecule has 1 saturated heterocycles. The van der Waals surface area contributed by atoms with Crippen molar-refractivity contribution in [2.24, 2.45) is 0 Å². The zero-order chi connectivity index (χ0) is 18.5. The fourth-order valence-electron chi connectivity index (χ4n) is 3.33. The van der Waals surface area contributed by atoms with E-state index < -0.39 is 6.10 Å². The minimum absolute atomic E-state index is 0.162. The fourth-order valence-corrected chi connectivity index (χ4v) is 3.33. The molecule has 5 heteroatoms. The molecule has 0 saturated carbocycles. The molecule has 1 aromatic heterocycles. The van der Waals surface area contributed by atoms with Crippen molar-refractivity contribution in [2.75, 3.05) is 33.7 Å². The molecule has 1 aliphatic rings. The molecule has 1 aromatic carbocycles. The van der Waals surface area contributed by atoms with Crippen molar-refractivity contribution in [3.63, 3.8) is 0 Å². The van der Waals surface area contributed by atoms with Crippen LogP contribution in [0.25, 0.3) is 0 Å². The van der Waals surface area contributed by atoms with E-state index in [1.54, 1.807) is 0 Å². The predicted molar refractivity (Wildman–Crippen MR) is 103 cm³/mol. The van der Waals surface area contributed by atoms with Gasteiger partial charge in [0.2, 0.25) is 0 Å². The lowest BCUT2D eigenvalue weighted by molar-refractivity contribution is 0.117. The van der Waals surface area contributed by atoms with Gasteiger partial charge in [-0.1, -0.05) is 29.8 Å². The van der Waals surface area contributed by atoms with Gasteiger partial charge in [-0.15, -0.1) is 0 Å². The van der Waals surface area contributed by atoms with Crippen molar-refractivity contribution in [2.45, 2.75) is 32.1 Å². The van der Waals surface area contributed by atoms with Gasteiger partial charge in [-0.3, -0.25) is 9.88 Å². The average molecular weight is 355 g/mol. The van der Waals surface area contributed by atoms with Gasteiger partial charge in [0.1, 0.15) is 11.9 Å². The number of rotatable bonds is 7. The summed E-state index contributed by atoms with van der Waals surface area (Å²) in [5, 5.41) is 10.5. The van der Waals surface area contributed by atoms with Gasteiger partial charge in [0.05, 0.1) is 11.8 Å². The highest BCUT2D eigenvalue weighted by molar-refractivity contribution is 5.24. The summed E-state index contributed by atoms with van der Waals surface area (Å²) in [6.45, 7) is 5.29. The second kappa shape index (κ2) is 8.62. The third-order valence-electron chi connectivity index (χ3n) is 4.69. The first kappa shape index (κ1) is 18.8. The number of aliphatic hydroxyl groups excluding tert-OH is 1. The first-order valence-corrected chi connectivity index (χ1v) is 9.23. The van der Waals surface area contributed by atoms with Crippen molar-refractivity contribution >= 4 is 0 Å². The summed E-state index contributed by atoms with van der Waals surface area (Å²) in [4.78, 5) is 8.75. The number of aryl methyl sites for hydroxylation is 1. The van der Waals surface area contributed by atoms with Gasteiger partial charge in [0.15, 0.2) is 0 Å². The highest BCUT2D eigenvalue weighted by atomic mass is 16.5. The molecule has 2 heterocycles. The highest BCUT2D eigenvalue weighted by Crippen LogP contribution is 2.22. The van der Waals surface area contributed by atoms with Crippen LogP contribution in [0.5, 0.6) is 5.75 Å². The summed E-state index contributed by atoms with van der Waals surface area (Å²) in [7, 11) is 4.06. The SMILES string of the molecule is Cc1ccc(C(O)CN2CCC(Oc3ccnc(CN(C)C)c3)C2)cc1. The molecule has 2 unspecified atom stereocenters. The highest BCUT2D eigenvalue weighted by Gasteiger charge is 2.26. The number of hydrogen-bond acceptors (Lipinski definition) is 5. The summed E-state index contributed by atoms with van der Waals surface area (Å²) in [6, 6.07) is 12.0. The fraction of sp³-hybridized carbons (Fsp3) is 0.476. The lowest BCUT2D eigenvalue weighted by Gasteiger charge is -2.21. The van der Waals surface area contributed by atoms with Crippen LogP contribution < -0.4 is 4.74 Å². The van der Waals surface area contributed by atoms with E-state index in [0.717, 1.165) is 43.1 Å². The molecule has 0 spiro atoms. The minimum atomic E-state index is -0.457. The van der Waals surface area contributed by atoms with E-state index in [4.69, 9.17) is 4.74 Å². The number of pyridine rings is 1. The normalized spacial score (nSPS) is 19.0. The summed E-state index contributed by atoms with van der Waals surface area (Å²) < 4.78 is 6.15. The molecule has 1 aliphatic heterocycles. The van der Waals surface area contributed by atoms with E-state index in [0.29, 0.717) is 6.54 Å². The second-order valence-corrected chi connectivity index (χ2v) is 7.44. The number of benzene rings is 1. The lowest BCUT2D eigenvalue weighted by atomic mass is 10.1. The van der Waals surface area contributed by atoms with Gasteiger partial charge in [-0.25, -0.2) is 0 Å². The topological polar surface area (TPSA) is 48.8 Å². The molecule has 2 aromatic rings. The molecular formula is C21H29N3O2. The monoisotopic (exact) mass is 355 g/mol. The van der Waals surface area contributed by atoms with Crippen LogP contribution >= 0.6 is 0 Å². The molecule has 140 valence electrons. The summed E-state index contributed by atoms with van der Waals surface area (Å²) >= 11 is 0. The van der Waals surface area contributed by atoms with Gasteiger partial charge in [-0.2, -0.15) is 0 Å². The number of aromatic nitrogens is 1. The number of aliphatic hydroxyl groups is 1. The Kier molecular flexibility index (Phi) is 6.25. The van der Waals surface area contributed by atoms with Crippen LogP contribution in [-0.4, -0.2) is 59.7 Å². The first-order chi connectivity index (χ1) is 12.5. The number of nitrogens with zero attached hydrogens (tertiary/aromatic N) is 3. The quantitative estimate of drug-likeness (QED) is 0.827. The summed E-state index contributed by atoms with van der Waals surface area (Å²) in [5.74, 6) is 0.878. The van der Waals surface area contributed by atoms with E-state index >= 15 is 0 Å². The second-order valence-electron chi connectivity index (χ2n) is 7.44. The number of ether oxygens (including phenoxy) is 1. The molecule has 5 nitrogen and oxygen atoms in total. The standard InChI is InChI=1S/C21H29N3O2/c1-16-4-6-17(7-5-16)21(25)15-24-11-9-20(14-24)26-19-8-10-22-18(12-19)13-23(2)3/h4-8,10,12,20-21,25H,9,11,13-15H2,1-3H3. The van der Waals surface area contributed by atoms with Crippen molar-refractivity contribution in [3.8, 4) is 5.75 Å². The molecule has 0 amide bonds. The molecule has 0 bridgehead atoms. The molecule has 26 heavy (non-hydrogen) atoms. The van der Waals surface area contributed by atoms with Gasteiger partial charge in [-0.05, 0) is 39.1 Å². The Bertz CT molecular complexity index is 703. The van der Waals surface area contributed by atoms with Gasteiger partial charge < -0.3 is 14.7 Å². The Hall–Kier alpha value is -1.95. The Morgan fingerprint density at radius 2 is 2.04 bits per heavy atom. The molecule has 1 fully saturated rings. The van der Waals surface area contributed by atoms with E-state index in [9.17, 15) is 5.11 Å². The van der Waals surface area contributed by atoms with E-state index in [2.05, 4.69) is 21.7 Å². The molecule has 0 aliphatic carbocycles. The van der Waals surface area contributed by atoms with Crippen LogP contribution in [0.3, 0.4) is 0 Å². The smallest absolute Gasteiger partial charge is 0.123 e. The van der Waals surface area contributed by atoms with Gasteiger partial charge in [0, 0.05) is 38.4 Å². The average Bonchev–Trinajstić information content (AvgIpc) is 3.02. The van der Waals surface area contributed by atoms with E-state index in [-0.39, 0.29) is 6.10 Å². The maximum absolute atomic E-state index is 10.5. The minimum Gasteiger partial charge on any atom is -0.489 e. The summed E-state index contributed by atoms with van der Waals surface area (Å²) in [5.41, 5.74) is 3.20. The largest absolute Gasteiger partial charge is 0.489 e. The van der Waals surface area contributed by atoms with Crippen LogP contribution in [-0.2, 0) is 6.54 Å². The maximum atomic E-state index is 10.5. The van der Waals surface area contributed by atoms with Crippen LogP contribution in [0.1, 0.15) is 29.3 Å². The molecule has 1 N–H and O–H groups in total. The molecule has 0 radical (unpaired) electrons. The van der Waals surface area contributed by atoms with Crippen molar-refractivity contribution in [1.82, 2.24) is 14.8 Å². The van der Waals surface area contributed by atoms with Crippen LogP contribution in [0.4, 0.5) is 0 Å². The van der Waals surface area contributed by atoms with Crippen molar-refractivity contribution < 1.29 is 9.84 Å². The Morgan fingerprint density at radius 3 is 2.77 bits per heavy atom. The zero-order valence-electron chi connectivity index (χ0n) is 15.9. The molecule has 2 atom stereocenters. The maximum Gasteiger partial charge on any atom is 0.123 e. The van der Waals surface area contributed by atoms with Crippen molar-refractivity contribution in [3.05, 3.63) is 59.4 Å². The zero-order valence-corrected chi connectivity index (χ0v) is 15.9. The first-order valence-electron chi connectivity index (χ1n) is 9.23. The van der Waals surface area contributed by atoms with Crippen LogP contribution in [0.2, 0.25) is 0 Å². The lowest BCUT2D eigenvalue weighted by Crippen LogP contribution is -2.29. The van der Waals surface area contributed by atoms with Crippen LogP contribution in [0, 0.1) is 6.92 Å². The predicted octanol–water partition coefficient (Wildman–Crippen LogP) is 2.64. The van der Waals surface area contributed by atoms with Crippen LogP contribution in [0.15, 0.2) is 42.6 Å². The molecular weight excluding hydrogens is 326 g/mol. The van der Waals surface area contributed by atoms with Gasteiger partial charge >= 0.3 is 0 Å². The number of β-amino-alcohol motifs (C(OH)–C–C–N with tert-alkyl or cyclic N) is 1.